The number of rotatable bonds is 3. The molecule has 0 saturated carbocycles. The first-order chi connectivity index (χ1) is 4.63. The molecular weight excluding hydrogens is 218 g/mol. The predicted molar refractivity (Wildman–Crippen MR) is 64.2 cm³/mol. The van der Waals surface area contributed by atoms with Crippen LogP contribution in [-0.2, 0) is 0 Å². The van der Waals surface area contributed by atoms with Gasteiger partial charge in [-0.25, -0.2) is 0 Å². The molecule has 0 fully saturated rings. The maximum absolute atomic E-state index is 4.65. The van der Waals surface area contributed by atoms with E-state index >= 15 is 0 Å². The van der Waals surface area contributed by atoms with Crippen LogP contribution in [0.5, 0.6) is 0 Å². The molecule has 66 valence electrons. The van der Waals surface area contributed by atoms with Crippen molar-refractivity contribution in [2.45, 2.75) is 0 Å². The molecule has 0 aromatic heterocycles. The molecule has 0 aliphatic rings. The van der Waals surface area contributed by atoms with Crippen LogP contribution in [0.25, 0.3) is 0 Å². The molecular formula is C4H11N3S4. The zero-order valence-electron chi connectivity index (χ0n) is 5.83. The smallest absolute Gasteiger partial charge is 0.130 e. The molecule has 0 atom stereocenters. The first-order valence-corrected chi connectivity index (χ1v) is 4.27. The highest BCUT2D eigenvalue weighted by Crippen LogP contribution is 1.77. The monoisotopic (exact) mass is 229 g/mol. The quantitative estimate of drug-likeness (QED) is 0.281. The number of thiol groups is 2. The Morgan fingerprint density at radius 3 is 1.45 bits per heavy atom. The zero-order valence-corrected chi connectivity index (χ0v) is 9.25. The molecule has 0 radical (unpaired) electrons. The fourth-order valence-corrected chi connectivity index (χ4v) is 0.767. The Bertz CT molecular complexity index is 121. The van der Waals surface area contributed by atoms with Crippen molar-refractivity contribution in [3.63, 3.8) is 0 Å². The molecule has 0 heterocycles. The first kappa shape index (κ1) is 14.0. The van der Waals surface area contributed by atoms with E-state index in [0.717, 1.165) is 0 Å². The van der Waals surface area contributed by atoms with Gasteiger partial charge in [0.25, 0.3) is 0 Å². The van der Waals surface area contributed by atoms with Gasteiger partial charge in [-0.1, -0.05) is 24.4 Å². The maximum atomic E-state index is 4.65. The van der Waals surface area contributed by atoms with Crippen molar-refractivity contribution in [3.05, 3.63) is 0 Å². The molecule has 0 unspecified atom stereocenters. The van der Waals surface area contributed by atoms with E-state index in [1.54, 1.807) is 0 Å². The summed E-state index contributed by atoms with van der Waals surface area (Å²) in [6.45, 7) is 1.42. The van der Waals surface area contributed by atoms with Gasteiger partial charge in [0, 0.05) is 13.1 Å². The van der Waals surface area contributed by atoms with Gasteiger partial charge in [-0.3, -0.25) is 0 Å². The van der Waals surface area contributed by atoms with Gasteiger partial charge in [0.2, 0.25) is 0 Å². The lowest BCUT2D eigenvalue weighted by Gasteiger charge is -2.03. The highest BCUT2D eigenvalue weighted by molar-refractivity contribution is 8.11. The molecule has 0 saturated heterocycles. The summed E-state index contributed by atoms with van der Waals surface area (Å²) < 4.78 is 0.985. The van der Waals surface area contributed by atoms with Crippen molar-refractivity contribution in [1.82, 2.24) is 16.8 Å². The number of hydrogen-bond acceptors (Lipinski definition) is 3. The second-order valence-corrected chi connectivity index (χ2v) is 3.78. The molecule has 5 N–H and O–H groups in total. The second-order valence-electron chi connectivity index (χ2n) is 1.46. The van der Waals surface area contributed by atoms with E-state index in [9.17, 15) is 0 Å². The summed E-state index contributed by atoms with van der Waals surface area (Å²) in [5.74, 6) is 0. The lowest BCUT2D eigenvalue weighted by molar-refractivity contribution is 0.834. The highest BCUT2D eigenvalue weighted by atomic mass is 32.1. The minimum Gasteiger partial charge on any atom is -0.369 e. The molecule has 11 heavy (non-hydrogen) atoms. The standard InChI is InChI=1S/C4H8N2S4.H3N/c7-3(8)5-1-2-6-4(9)10;/h1-2H2,(H2,5,7,8)(H2,6,9,10);1H3. The van der Waals surface area contributed by atoms with Crippen molar-refractivity contribution in [3.8, 4) is 0 Å². The van der Waals surface area contributed by atoms with Crippen molar-refractivity contribution in [2.24, 2.45) is 0 Å². The van der Waals surface area contributed by atoms with Crippen LogP contribution in [0.2, 0.25) is 0 Å². The number of hydrogen-bond donors (Lipinski definition) is 5. The largest absolute Gasteiger partial charge is 0.369 e. The van der Waals surface area contributed by atoms with Gasteiger partial charge >= 0.3 is 0 Å². The van der Waals surface area contributed by atoms with E-state index in [1.165, 1.54) is 0 Å². The van der Waals surface area contributed by atoms with Crippen LogP contribution >= 0.6 is 49.7 Å². The van der Waals surface area contributed by atoms with Crippen molar-refractivity contribution >= 4 is 58.3 Å². The summed E-state index contributed by atoms with van der Waals surface area (Å²) >= 11 is 17.0. The second kappa shape index (κ2) is 8.54. The van der Waals surface area contributed by atoms with E-state index in [4.69, 9.17) is 0 Å². The summed E-state index contributed by atoms with van der Waals surface area (Å²) in [4.78, 5) is 0. The highest BCUT2D eigenvalue weighted by Gasteiger charge is 1.87. The molecule has 0 aliphatic carbocycles. The third kappa shape index (κ3) is 13.4. The fraction of sp³-hybridized carbons (Fsp3) is 0.500. The van der Waals surface area contributed by atoms with E-state index in [2.05, 4.69) is 60.3 Å². The van der Waals surface area contributed by atoms with Gasteiger partial charge in [0.05, 0.1) is 0 Å². The number of nitrogens with one attached hydrogen (secondary N) is 2. The SMILES string of the molecule is N.S=C(S)NCCNC(=S)S. The topological polar surface area (TPSA) is 59.1 Å². The van der Waals surface area contributed by atoms with Gasteiger partial charge in [-0.2, -0.15) is 0 Å². The van der Waals surface area contributed by atoms with Gasteiger partial charge in [-0.15, -0.1) is 25.3 Å². The molecule has 0 bridgehead atoms. The predicted octanol–water partition coefficient (Wildman–Crippen LogP) is 0.757. The van der Waals surface area contributed by atoms with Gasteiger partial charge < -0.3 is 16.8 Å². The zero-order chi connectivity index (χ0) is 7.98. The van der Waals surface area contributed by atoms with Crippen LogP contribution < -0.4 is 16.8 Å². The molecule has 0 aromatic rings. The summed E-state index contributed by atoms with van der Waals surface area (Å²) in [6.07, 6.45) is 0. The minimum absolute atomic E-state index is 0. The fourth-order valence-electron chi connectivity index (χ4n) is 0.339. The van der Waals surface area contributed by atoms with Gasteiger partial charge in [-0.05, 0) is 0 Å². The third-order valence-corrected chi connectivity index (χ3v) is 1.28. The Labute approximate surface area is 88.1 Å². The lowest BCUT2D eigenvalue weighted by atomic mass is 10.6. The van der Waals surface area contributed by atoms with Crippen molar-refractivity contribution < 1.29 is 0 Å². The van der Waals surface area contributed by atoms with E-state index < -0.39 is 0 Å². The van der Waals surface area contributed by atoms with Crippen LogP contribution in [0.4, 0.5) is 0 Å². The van der Waals surface area contributed by atoms with Crippen molar-refractivity contribution in [1.29, 1.82) is 0 Å². The molecule has 0 spiro atoms. The molecule has 0 aliphatic heterocycles. The molecule has 0 amide bonds. The summed E-state index contributed by atoms with van der Waals surface area (Å²) in [5.41, 5.74) is 0. The van der Waals surface area contributed by atoms with Crippen molar-refractivity contribution in [2.75, 3.05) is 13.1 Å². The Hall–Kier alpha value is 0.440. The van der Waals surface area contributed by atoms with E-state index in [1.807, 2.05) is 0 Å². The maximum Gasteiger partial charge on any atom is 0.130 e. The van der Waals surface area contributed by atoms with Crippen LogP contribution in [-0.4, -0.2) is 21.7 Å². The molecule has 0 aromatic carbocycles. The molecule has 3 nitrogen and oxygen atoms in total. The van der Waals surface area contributed by atoms with Crippen LogP contribution in [0, 0.1) is 0 Å². The van der Waals surface area contributed by atoms with Crippen LogP contribution in [0.1, 0.15) is 0 Å². The van der Waals surface area contributed by atoms with Gasteiger partial charge in [0.1, 0.15) is 8.64 Å². The Balaban J connectivity index is 0. The van der Waals surface area contributed by atoms with E-state index in [-0.39, 0.29) is 6.15 Å². The Morgan fingerprint density at radius 2 is 1.27 bits per heavy atom. The van der Waals surface area contributed by atoms with E-state index in [0.29, 0.717) is 21.7 Å². The normalized spacial score (nSPS) is 7.82. The first-order valence-electron chi connectivity index (χ1n) is 2.56. The molecule has 7 heteroatoms. The summed E-state index contributed by atoms with van der Waals surface area (Å²) in [6, 6.07) is 0. The van der Waals surface area contributed by atoms with Gasteiger partial charge in [0.15, 0.2) is 0 Å². The third-order valence-electron chi connectivity index (χ3n) is 0.677. The van der Waals surface area contributed by atoms with Crippen LogP contribution in [0.3, 0.4) is 0 Å². The van der Waals surface area contributed by atoms with Crippen LogP contribution in [0.15, 0.2) is 0 Å². The minimum atomic E-state index is 0. The summed E-state index contributed by atoms with van der Waals surface area (Å²) in [5, 5.41) is 5.68. The summed E-state index contributed by atoms with van der Waals surface area (Å²) in [7, 11) is 0. The average Bonchev–Trinajstić information content (AvgIpc) is 1.79. The average molecular weight is 229 g/mol. The lowest BCUT2D eigenvalue weighted by Crippen LogP contribution is -2.29. The molecule has 0 rings (SSSR count). The Morgan fingerprint density at radius 1 is 1.00 bits per heavy atom. The number of thiocarbonyl (C=S) groups is 2. The Kier molecular flexibility index (Phi) is 10.9.